The molecule has 8 heteroatoms. The number of H-pyrrole nitrogens is 1. The molecule has 0 amide bonds. The standard InChI is InChI=1S/C31H24N8/c1-19(32)20-10-12-22(13-11-20)29-23(21-7-3-2-4-8-21)17-24-25(34-29)14-16-39-30(24)37-38-31(39)28-18-27(35-36-28)26-9-5-6-15-33-26/h2-19H,32H2,1H3,(H,35,36)/t19-/m1/s1. The smallest absolute Gasteiger partial charge is 0.186 e. The molecule has 5 heterocycles. The highest BCUT2D eigenvalue weighted by atomic mass is 15.3. The van der Waals surface area contributed by atoms with E-state index < -0.39 is 0 Å². The summed E-state index contributed by atoms with van der Waals surface area (Å²) in [6.07, 6.45) is 3.70. The molecule has 0 saturated carbocycles. The van der Waals surface area contributed by atoms with Gasteiger partial charge in [0.1, 0.15) is 11.4 Å². The summed E-state index contributed by atoms with van der Waals surface area (Å²) in [5.41, 5.74) is 15.1. The van der Waals surface area contributed by atoms with Gasteiger partial charge in [0.15, 0.2) is 11.5 Å². The van der Waals surface area contributed by atoms with Crippen LogP contribution in [0.1, 0.15) is 18.5 Å². The molecule has 8 nitrogen and oxygen atoms in total. The summed E-state index contributed by atoms with van der Waals surface area (Å²) in [7, 11) is 0. The van der Waals surface area contributed by atoms with E-state index in [2.05, 4.69) is 67.8 Å². The molecule has 0 aliphatic rings. The number of rotatable bonds is 5. The van der Waals surface area contributed by atoms with Crippen LogP contribution in [0.3, 0.4) is 0 Å². The second kappa shape index (κ2) is 9.27. The van der Waals surface area contributed by atoms with Crippen molar-refractivity contribution < 1.29 is 0 Å². The normalized spacial score (nSPS) is 12.3. The summed E-state index contributed by atoms with van der Waals surface area (Å²) < 4.78 is 1.96. The lowest BCUT2D eigenvalue weighted by Crippen LogP contribution is -2.04. The van der Waals surface area contributed by atoms with Crippen LogP contribution in [0.5, 0.6) is 0 Å². The maximum atomic E-state index is 6.09. The molecular weight excluding hydrogens is 484 g/mol. The van der Waals surface area contributed by atoms with Crippen molar-refractivity contribution in [2.75, 3.05) is 0 Å². The van der Waals surface area contributed by atoms with E-state index in [0.717, 1.165) is 61.6 Å². The molecule has 0 saturated heterocycles. The largest absolute Gasteiger partial charge is 0.324 e. The molecule has 7 aromatic rings. The Hall–Kier alpha value is -5.21. The molecular formula is C31H24N8. The number of pyridine rings is 3. The molecule has 0 bridgehead atoms. The number of benzene rings is 2. The van der Waals surface area contributed by atoms with Crippen LogP contribution in [0.4, 0.5) is 0 Å². The van der Waals surface area contributed by atoms with E-state index in [-0.39, 0.29) is 6.04 Å². The molecule has 0 aliphatic carbocycles. The maximum Gasteiger partial charge on any atom is 0.186 e. The first-order valence-electron chi connectivity index (χ1n) is 12.7. The molecule has 2 aromatic carbocycles. The van der Waals surface area contributed by atoms with Gasteiger partial charge < -0.3 is 5.73 Å². The fourth-order valence-corrected chi connectivity index (χ4v) is 4.86. The summed E-state index contributed by atoms with van der Waals surface area (Å²) >= 11 is 0. The zero-order valence-electron chi connectivity index (χ0n) is 21.2. The first-order valence-corrected chi connectivity index (χ1v) is 12.7. The average molecular weight is 509 g/mol. The van der Waals surface area contributed by atoms with Gasteiger partial charge >= 0.3 is 0 Å². The van der Waals surface area contributed by atoms with E-state index in [4.69, 9.17) is 10.7 Å². The minimum absolute atomic E-state index is 0.0254. The lowest BCUT2D eigenvalue weighted by molar-refractivity contribution is 0.818. The van der Waals surface area contributed by atoms with Crippen molar-refractivity contribution in [3.05, 3.63) is 109 Å². The summed E-state index contributed by atoms with van der Waals surface area (Å²) in [4.78, 5) is 9.52. The Morgan fingerprint density at radius 2 is 1.64 bits per heavy atom. The van der Waals surface area contributed by atoms with Crippen molar-refractivity contribution in [1.82, 2.24) is 34.8 Å². The number of nitrogens with one attached hydrogen (secondary N) is 1. The minimum atomic E-state index is -0.0254. The lowest BCUT2D eigenvalue weighted by atomic mass is 9.96. The molecule has 5 aromatic heterocycles. The fraction of sp³-hybridized carbons (Fsp3) is 0.0645. The molecule has 0 fully saturated rings. The highest BCUT2D eigenvalue weighted by Gasteiger charge is 2.18. The van der Waals surface area contributed by atoms with Gasteiger partial charge in [-0.05, 0) is 48.4 Å². The van der Waals surface area contributed by atoms with Crippen LogP contribution in [0, 0.1) is 0 Å². The Bertz CT molecular complexity index is 1920. The van der Waals surface area contributed by atoms with Crippen molar-refractivity contribution in [2.45, 2.75) is 13.0 Å². The zero-order chi connectivity index (χ0) is 26.3. The highest BCUT2D eigenvalue weighted by Crippen LogP contribution is 2.35. The first kappa shape index (κ1) is 22.9. The Morgan fingerprint density at radius 1 is 0.821 bits per heavy atom. The van der Waals surface area contributed by atoms with Crippen molar-refractivity contribution in [3.63, 3.8) is 0 Å². The number of hydrogen-bond donors (Lipinski definition) is 2. The van der Waals surface area contributed by atoms with Crippen LogP contribution in [-0.4, -0.2) is 34.8 Å². The fourth-order valence-electron chi connectivity index (χ4n) is 4.86. The Kier molecular flexibility index (Phi) is 5.45. The van der Waals surface area contributed by atoms with Crippen LogP contribution < -0.4 is 5.73 Å². The third-order valence-electron chi connectivity index (χ3n) is 6.91. The van der Waals surface area contributed by atoms with Gasteiger partial charge in [0, 0.05) is 34.9 Å². The number of fused-ring (bicyclic) bond motifs is 3. The lowest BCUT2D eigenvalue weighted by Gasteiger charge is -2.13. The first-order chi connectivity index (χ1) is 19.2. The topological polar surface area (TPSA) is 111 Å². The molecule has 188 valence electrons. The second-order valence-corrected chi connectivity index (χ2v) is 9.51. The highest BCUT2D eigenvalue weighted by molar-refractivity contribution is 5.98. The molecule has 0 spiro atoms. The predicted molar refractivity (Wildman–Crippen MR) is 153 cm³/mol. The van der Waals surface area contributed by atoms with E-state index in [1.165, 1.54) is 0 Å². The van der Waals surface area contributed by atoms with Crippen LogP contribution >= 0.6 is 0 Å². The molecule has 39 heavy (non-hydrogen) atoms. The van der Waals surface area contributed by atoms with Crippen LogP contribution in [0.15, 0.2) is 103 Å². The number of aromatic amines is 1. The molecule has 0 aliphatic heterocycles. The van der Waals surface area contributed by atoms with Crippen molar-refractivity contribution in [1.29, 1.82) is 0 Å². The average Bonchev–Trinajstić information content (AvgIpc) is 3.65. The SMILES string of the molecule is C[C@@H](N)c1ccc(-c2nc3ccn4c(-c5cc(-c6ccccn6)n[nH]5)nnc4c3cc2-c2ccccc2)cc1. The monoisotopic (exact) mass is 508 g/mol. The molecule has 3 N–H and O–H groups in total. The van der Waals surface area contributed by atoms with Crippen molar-refractivity contribution in [3.8, 4) is 45.3 Å². The van der Waals surface area contributed by atoms with E-state index in [1.54, 1.807) is 6.20 Å². The summed E-state index contributed by atoms with van der Waals surface area (Å²) in [5.74, 6) is 0.665. The Labute approximate surface area is 224 Å². The van der Waals surface area contributed by atoms with E-state index in [1.807, 2.05) is 66.1 Å². The van der Waals surface area contributed by atoms with Crippen LogP contribution in [0.2, 0.25) is 0 Å². The van der Waals surface area contributed by atoms with Gasteiger partial charge in [0.25, 0.3) is 0 Å². The number of nitrogens with two attached hydrogens (primary N) is 1. The van der Waals surface area contributed by atoms with Gasteiger partial charge in [-0.15, -0.1) is 10.2 Å². The summed E-state index contributed by atoms with van der Waals surface area (Å²) in [5, 5.41) is 17.5. The minimum Gasteiger partial charge on any atom is -0.324 e. The number of hydrogen-bond acceptors (Lipinski definition) is 6. The molecule has 1 atom stereocenters. The van der Waals surface area contributed by atoms with Gasteiger partial charge in [-0.2, -0.15) is 5.10 Å². The zero-order valence-corrected chi connectivity index (χ0v) is 21.2. The van der Waals surface area contributed by atoms with Crippen molar-refractivity contribution in [2.24, 2.45) is 5.73 Å². The molecule has 0 unspecified atom stereocenters. The summed E-state index contributed by atoms with van der Waals surface area (Å²) in [6, 6.07) is 30.4. The van der Waals surface area contributed by atoms with E-state index in [0.29, 0.717) is 5.82 Å². The quantitative estimate of drug-likeness (QED) is 0.291. The Morgan fingerprint density at radius 3 is 2.41 bits per heavy atom. The second-order valence-electron chi connectivity index (χ2n) is 9.51. The summed E-state index contributed by atoms with van der Waals surface area (Å²) in [6.45, 7) is 1.99. The predicted octanol–water partition coefficient (Wildman–Crippen LogP) is 6.08. The van der Waals surface area contributed by atoms with Gasteiger partial charge in [-0.1, -0.05) is 60.7 Å². The third-order valence-corrected chi connectivity index (χ3v) is 6.91. The third kappa shape index (κ3) is 4.03. The van der Waals surface area contributed by atoms with E-state index in [9.17, 15) is 0 Å². The Balaban J connectivity index is 1.39. The van der Waals surface area contributed by atoms with Gasteiger partial charge in [-0.3, -0.25) is 14.5 Å². The van der Waals surface area contributed by atoms with Crippen molar-refractivity contribution >= 4 is 16.6 Å². The van der Waals surface area contributed by atoms with Gasteiger partial charge in [0.2, 0.25) is 0 Å². The molecule has 7 rings (SSSR count). The van der Waals surface area contributed by atoms with Gasteiger partial charge in [0.05, 0.1) is 16.9 Å². The van der Waals surface area contributed by atoms with Gasteiger partial charge in [-0.25, -0.2) is 4.98 Å². The maximum absolute atomic E-state index is 6.09. The van der Waals surface area contributed by atoms with E-state index >= 15 is 0 Å². The van der Waals surface area contributed by atoms with Crippen LogP contribution in [0.25, 0.3) is 61.8 Å². The van der Waals surface area contributed by atoms with Crippen LogP contribution in [-0.2, 0) is 0 Å². The number of aromatic nitrogens is 7. The number of nitrogens with zero attached hydrogens (tertiary/aromatic N) is 6. The molecule has 0 radical (unpaired) electrons.